The molecular formula is C22H22FNO4S. The molecule has 0 bridgehead atoms. The molecule has 3 rings (SSSR count). The molecule has 0 aliphatic carbocycles. The number of carboxylic acids is 1. The summed E-state index contributed by atoms with van der Waals surface area (Å²) in [5, 5.41) is 10.1. The Balaban J connectivity index is 1.67. The average Bonchev–Trinajstić information content (AvgIpc) is 3.08. The van der Waals surface area contributed by atoms with Crippen molar-refractivity contribution in [1.29, 1.82) is 0 Å². The number of carboxylic acid groups (broad SMARTS) is 1. The zero-order chi connectivity index (χ0) is 20.8. The number of hydrogen-bond acceptors (Lipinski definition) is 5. The van der Waals surface area contributed by atoms with Crippen molar-refractivity contribution in [3.8, 4) is 16.3 Å². The first-order valence-electron chi connectivity index (χ1n) is 9.25. The SMILES string of the molecule is CCOC(Cc1ccc(OCc2sc(-c3ccccc3)nc2C)c(F)c1)C(=O)O. The molecule has 0 saturated carbocycles. The minimum atomic E-state index is -1.07. The van der Waals surface area contributed by atoms with E-state index in [0.29, 0.717) is 5.56 Å². The smallest absolute Gasteiger partial charge is 0.333 e. The van der Waals surface area contributed by atoms with E-state index in [9.17, 15) is 9.18 Å². The van der Waals surface area contributed by atoms with E-state index in [1.165, 1.54) is 23.5 Å². The molecule has 1 N–H and O–H groups in total. The number of carbonyl (C=O) groups is 1. The lowest BCUT2D eigenvalue weighted by Crippen LogP contribution is -2.26. The number of benzene rings is 2. The van der Waals surface area contributed by atoms with Crippen LogP contribution in [0.1, 0.15) is 23.1 Å². The molecule has 1 atom stereocenters. The second kappa shape index (κ2) is 9.62. The molecule has 7 heteroatoms. The summed E-state index contributed by atoms with van der Waals surface area (Å²) in [6.45, 7) is 4.11. The van der Waals surface area contributed by atoms with Gasteiger partial charge in [0.05, 0.1) is 10.6 Å². The predicted molar refractivity (Wildman–Crippen MR) is 110 cm³/mol. The largest absolute Gasteiger partial charge is 0.485 e. The fourth-order valence-electron chi connectivity index (χ4n) is 2.83. The third-order valence-electron chi connectivity index (χ3n) is 4.33. The van der Waals surface area contributed by atoms with Gasteiger partial charge >= 0.3 is 5.97 Å². The van der Waals surface area contributed by atoms with Gasteiger partial charge in [0.1, 0.15) is 11.6 Å². The molecule has 1 unspecified atom stereocenters. The monoisotopic (exact) mass is 415 g/mol. The van der Waals surface area contributed by atoms with E-state index < -0.39 is 17.9 Å². The van der Waals surface area contributed by atoms with Crippen molar-refractivity contribution in [2.24, 2.45) is 0 Å². The summed E-state index contributed by atoms with van der Waals surface area (Å²) < 4.78 is 25.3. The van der Waals surface area contributed by atoms with Crippen molar-refractivity contribution in [1.82, 2.24) is 4.98 Å². The van der Waals surface area contributed by atoms with Gasteiger partial charge in [-0.1, -0.05) is 36.4 Å². The number of halogens is 1. The molecule has 0 spiro atoms. The average molecular weight is 415 g/mol. The zero-order valence-electron chi connectivity index (χ0n) is 16.2. The maximum absolute atomic E-state index is 14.4. The highest BCUT2D eigenvalue weighted by molar-refractivity contribution is 7.15. The van der Waals surface area contributed by atoms with Crippen LogP contribution in [0.15, 0.2) is 48.5 Å². The van der Waals surface area contributed by atoms with Gasteiger partial charge in [0.2, 0.25) is 0 Å². The molecule has 5 nitrogen and oxygen atoms in total. The van der Waals surface area contributed by atoms with Crippen molar-refractivity contribution in [2.45, 2.75) is 33.0 Å². The zero-order valence-corrected chi connectivity index (χ0v) is 17.0. The predicted octanol–water partition coefficient (Wildman–Crippen LogP) is 4.87. The maximum atomic E-state index is 14.4. The van der Waals surface area contributed by atoms with Gasteiger partial charge in [-0.25, -0.2) is 14.2 Å². The van der Waals surface area contributed by atoms with Gasteiger partial charge in [-0.3, -0.25) is 0 Å². The molecule has 1 heterocycles. The lowest BCUT2D eigenvalue weighted by molar-refractivity contribution is -0.149. The minimum absolute atomic E-state index is 0.0920. The molecule has 0 radical (unpaired) electrons. The Kier molecular flexibility index (Phi) is 6.95. The Hall–Kier alpha value is -2.77. The number of aliphatic carboxylic acids is 1. The van der Waals surface area contributed by atoms with Crippen molar-refractivity contribution in [3.05, 3.63) is 70.5 Å². The van der Waals surface area contributed by atoms with Crippen molar-refractivity contribution in [3.63, 3.8) is 0 Å². The number of rotatable bonds is 9. The topological polar surface area (TPSA) is 68.7 Å². The lowest BCUT2D eigenvalue weighted by Gasteiger charge is -2.13. The van der Waals surface area contributed by atoms with Crippen molar-refractivity contribution < 1.29 is 23.8 Å². The summed E-state index contributed by atoms with van der Waals surface area (Å²) in [6, 6.07) is 14.3. The van der Waals surface area contributed by atoms with Crippen LogP contribution in [-0.2, 0) is 22.6 Å². The standard InChI is InChI=1S/C22H22FNO4S/c1-3-27-19(22(25)26)12-15-9-10-18(17(23)11-15)28-13-20-14(2)24-21(29-20)16-7-5-4-6-8-16/h4-11,19H,3,12-13H2,1-2H3,(H,25,26). The van der Waals surface area contributed by atoms with E-state index in [0.717, 1.165) is 21.1 Å². The second-order valence-corrected chi connectivity index (χ2v) is 7.52. The van der Waals surface area contributed by atoms with Gasteiger partial charge < -0.3 is 14.6 Å². The summed E-state index contributed by atoms with van der Waals surface area (Å²) in [5.41, 5.74) is 2.42. The van der Waals surface area contributed by atoms with E-state index in [2.05, 4.69) is 4.98 Å². The van der Waals surface area contributed by atoms with Gasteiger partial charge in [0, 0.05) is 18.6 Å². The van der Waals surface area contributed by atoms with Gasteiger partial charge in [-0.2, -0.15) is 0 Å². The molecule has 29 heavy (non-hydrogen) atoms. The van der Waals surface area contributed by atoms with Crippen LogP contribution < -0.4 is 4.74 Å². The quantitative estimate of drug-likeness (QED) is 0.540. The van der Waals surface area contributed by atoms with Crippen LogP contribution in [-0.4, -0.2) is 28.8 Å². The number of hydrogen-bond donors (Lipinski definition) is 1. The van der Waals surface area contributed by atoms with Crippen LogP contribution in [0.5, 0.6) is 5.75 Å². The number of thiazole rings is 1. The number of aryl methyl sites for hydroxylation is 1. The first-order chi connectivity index (χ1) is 14.0. The third kappa shape index (κ3) is 5.40. The van der Waals surface area contributed by atoms with Gasteiger partial charge in [-0.05, 0) is 31.5 Å². The molecule has 3 aromatic rings. The minimum Gasteiger partial charge on any atom is -0.485 e. The molecule has 0 aliphatic rings. The lowest BCUT2D eigenvalue weighted by atomic mass is 10.1. The fraction of sp³-hybridized carbons (Fsp3) is 0.273. The van der Waals surface area contributed by atoms with E-state index in [1.807, 2.05) is 37.3 Å². The molecule has 0 amide bonds. The highest BCUT2D eigenvalue weighted by atomic mass is 32.1. The first-order valence-corrected chi connectivity index (χ1v) is 10.1. The van der Waals surface area contributed by atoms with Gasteiger partial charge in [0.25, 0.3) is 0 Å². The summed E-state index contributed by atoms with van der Waals surface area (Å²) >= 11 is 1.52. The Labute approximate surface area is 172 Å². The van der Waals surface area contributed by atoms with Crippen LogP contribution in [0.2, 0.25) is 0 Å². The van der Waals surface area contributed by atoms with Crippen LogP contribution in [0.25, 0.3) is 10.6 Å². The molecule has 2 aromatic carbocycles. The Morgan fingerprint density at radius 1 is 1.24 bits per heavy atom. The van der Waals surface area contributed by atoms with Crippen LogP contribution in [0.4, 0.5) is 4.39 Å². The summed E-state index contributed by atoms with van der Waals surface area (Å²) in [7, 11) is 0. The van der Waals surface area contributed by atoms with Crippen LogP contribution in [0.3, 0.4) is 0 Å². The first kappa shape index (κ1) is 21.0. The molecule has 0 fully saturated rings. The molecule has 0 aliphatic heterocycles. The van der Waals surface area contributed by atoms with Gasteiger partial charge in [-0.15, -0.1) is 11.3 Å². The molecule has 0 saturated heterocycles. The molecule has 152 valence electrons. The Morgan fingerprint density at radius 2 is 2.00 bits per heavy atom. The third-order valence-corrected chi connectivity index (χ3v) is 5.51. The van der Waals surface area contributed by atoms with E-state index in [1.54, 1.807) is 13.0 Å². The molecule has 1 aromatic heterocycles. The second-order valence-electron chi connectivity index (χ2n) is 6.43. The van der Waals surface area contributed by atoms with E-state index in [-0.39, 0.29) is 25.4 Å². The summed E-state index contributed by atoms with van der Waals surface area (Å²) in [4.78, 5) is 16.7. The van der Waals surface area contributed by atoms with Gasteiger partial charge in [0.15, 0.2) is 17.7 Å². The van der Waals surface area contributed by atoms with Crippen molar-refractivity contribution >= 4 is 17.3 Å². The summed E-state index contributed by atoms with van der Waals surface area (Å²) in [5.74, 6) is -1.48. The van der Waals surface area contributed by atoms with Crippen molar-refractivity contribution in [2.75, 3.05) is 6.61 Å². The normalized spacial score (nSPS) is 12.0. The number of ether oxygens (including phenoxy) is 2. The fourth-order valence-corrected chi connectivity index (χ4v) is 3.81. The Morgan fingerprint density at radius 3 is 2.66 bits per heavy atom. The molecular weight excluding hydrogens is 393 g/mol. The van der Waals surface area contributed by atoms with Crippen LogP contribution in [0, 0.1) is 12.7 Å². The van der Waals surface area contributed by atoms with E-state index in [4.69, 9.17) is 14.6 Å². The highest BCUT2D eigenvalue weighted by Gasteiger charge is 2.19. The van der Waals surface area contributed by atoms with E-state index >= 15 is 0 Å². The highest BCUT2D eigenvalue weighted by Crippen LogP contribution is 2.29. The maximum Gasteiger partial charge on any atom is 0.333 e. The number of aromatic nitrogens is 1. The Bertz CT molecular complexity index is 974. The van der Waals surface area contributed by atoms with Crippen LogP contribution >= 0.6 is 11.3 Å². The summed E-state index contributed by atoms with van der Waals surface area (Å²) in [6.07, 6.45) is -0.906. The number of nitrogens with zero attached hydrogens (tertiary/aromatic N) is 1.